The fourth-order valence-corrected chi connectivity index (χ4v) is 1.43. The zero-order valence-corrected chi connectivity index (χ0v) is 11.3. The fourth-order valence-electron chi connectivity index (χ4n) is 1.43. The Hall–Kier alpha value is -1.88. The third-order valence-electron chi connectivity index (χ3n) is 2.70. The number of carboxylic acid groups (broad SMARTS) is 1. The van der Waals surface area contributed by atoms with Gasteiger partial charge in [-0.15, -0.1) is 0 Å². The first-order chi connectivity index (χ1) is 8.71. The summed E-state index contributed by atoms with van der Waals surface area (Å²) >= 11 is 0. The highest BCUT2D eigenvalue weighted by atomic mass is 16.5. The molecule has 1 unspecified atom stereocenters. The SMILES string of the molecule is CC(C)(C)c1ccc(C(=O)OCC(N)C(=O)O)cc1. The second kappa shape index (κ2) is 5.84. The number of nitrogens with two attached hydrogens (primary N) is 1. The van der Waals surface area contributed by atoms with Crippen LogP contribution in [0.25, 0.3) is 0 Å². The van der Waals surface area contributed by atoms with E-state index in [1.165, 1.54) is 0 Å². The molecule has 0 saturated heterocycles. The van der Waals surface area contributed by atoms with E-state index in [0.29, 0.717) is 5.56 Å². The van der Waals surface area contributed by atoms with Crippen molar-refractivity contribution in [1.29, 1.82) is 0 Å². The molecule has 104 valence electrons. The molecule has 1 aromatic rings. The minimum Gasteiger partial charge on any atom is -0.480 e. The van der Waals surface area contributed by atoms with E-state index >= 15 is 0 Å². The molecule has 0 aliphatic carbocycles. The molecule has 5 nitrogen and oxygen atoms in total. The number of rotatable bonds is 4. The highest BCUT2D eigenvalue weighted by Gasteiger charge is 2.17. The maximum atomic E-state index is 11.7. The Morgan fingerprint density at radius 2 is 1.79 bits per heavy atom. The standard InChI is InChI=1S/C14H19NO4/c1-14(2,3)10-6-4-9(5-7-10)13(18)19-8-11(15)12(16)17/h4-7,11H,8,15H2,1-3H3,(H,16,17). The smallest absolute Gasteiger partial charge is 0.338 e. The van der Waals surface area contributed by atoms with Gasteiger partial charge in [0, 0.05) is 0 Å². The van der Waals surface area contributed by atoms with Gasteiger partial charge in [-0.1, -0.05) is 32.9 Å². The first-order valence-electron chi connectivity index (χ1n) is 5.98. The van der Waals surface area contributed by atoms with Gasteiger partial charge in [-0.2, -0.15) is 0 Å². The largest absolute Gasteiger partial charge is 0.480 e. The lowest BCUT2D eigenvalue weighted by molar-refractivity contribution is -0.139. The van der Waals surface area contributed by atoms with Crippen molar-refractivity contribution < 1.29 is 19.4 Å². The van der Waals surface area contributed by atoms with Crippen LogP contribution in [-0.4, -0.2) is 29.7 Å². The molecule has 1 atom stereocenters. The van der Waals surface area contributed by atoms with Crippen LogP contribution in [-0.2, 0) is 14.9 Å². The van der Waals surface area contributed by atoms with Crippen molar-refractivity contribution in [3.63, 3.8) is 0 Å². The number of carboxylic acids is 1. The lowest BCUT2D eigenvalue weighted by Crippen LogP contribution is -2.35. The second-order valence-corrected chi connectivity index (χ2v) is 5.37. The van der Waals surface area contributed by atoms with Crippen LogP contribution in [0.15, 0.2) is 24.3 Å². The van der Waals surface area contributed by atoms with Crippen LogP contribution >= 0.6 is 0 Å². The first-order valence-corrected chi connectivity index (χ1v) is 5.98. The van der Waals surface area contributed by atoms with Crippen molar-refractivity contribution in [2.45, 2.75) is 32.2 Å². The van der Waals surface area contributed by atoms with Gasteiger partial charge < -0.3 is 15.6 Å². The summed E-state index contributed by atoms with van der Waals surface area (Å²) in [6.07, 6.45) is 0. The number of carbonyl (C=O) groups is 2. The summed E-state index contributed by atoms with van der Waals surface area (Å²) in [7, 11) is 0. The second-order valence-electron chi connectivity index (χ2n) is 5.37. The van der Waals surface area contributed by atoms with Gasteiger partial charge in [-0.25, -0.2) is 4.79 Å². The van der Waals surface area contributed by atoms with Crippen molar-refractivity contribution in [3.8, 4) is 0 Å². The molecule has 19 heavy (non-hydrogen) atoms. The van der Waals surface area contributed by atoms with Crippen molar-refractivity contribution in [2.24, 2.45) is 5.73 Å². The highest BCUT2D eigenvalue weighted by Crippen LogP contribution is 2.22. The van der Waals surface area contributed by atoms with Gasteiger partial charge in [-0.05, 0) is 23.1 Å². The van der Waals surface area contributed by atoms with E-state index in [4.69, 9.17) is 15.6 Å². The van der Waals surface area contributed by atoms with Crippen molar-refractivity contribution in [1.82, 2.24) is 0 Å². The molecule has 0 heterocycles. The average molecular weight is 265 g/mol. The molecule has 3 N–H and O–H groups in total. The molecule has 0 aromatic heterocycles. The molecule has 0 radical (unpaired) electrons. The molecule has 0 fully saturated rings. The molecule has 1 rings (SSSR count). The van der Waals surface area contributed by atoms with Crippen LogP contribution in [0, 0.1) is 0 Å². The molecule has 0 aliphatic rings. The van der Waals surface area contributed by atoms with E-state index in [1.807, 2.05) is 12.1 Å². The molecule has 0 bridgehead atoms. The Kier molecular flexibility index (Phi) is 4.67. The van der Waals surface area contributed by atoms with Gasteiger partial charge in [0.15, 0.2) is 0 Å². The van der Waals surface area contributed by atoms with Crippen molar-refractivity contribution in [3.05, 3.63) is 35.4 Å². The highest BCUT2D eigenvalue weighted by molar-refractivity contribution is 5.89. The van der Waals surface area contributed by atoms with Gasteiger partial charge >= 0.3 is 11.9 Å². The van der Waals surface area contributed by atoms with Crippen molar-refractivity contribution in [2.75, 3.05) is 6.61 Å². The molecule has 0 spiro atoms. The van der Waals surface area contributed by atoms with E-state index < -0.39 is 18.0 Å². The number of hydrogen-bond acceptors (Lipinski definition) is 4. The summed E-state index contributed by atoms with van der Waals surface area (Å²) in [6, 6.07) is 5.84. The maximum Gasteiger partial charge on any atom is 0.338 e. The van der Waals surface area contributed by atoms with E-state index in [0.717, 1.165) is 5.56 Å². The van der Waals surface area contributed by atoms with Crippen molar-refractivity contribution >= 4 is 11.9 Å². The average Bonchev–Trinajstić information content (AvgIpc) is 2.34. The van der Waals surface area contributed by atoms with Crippen LogP contribution < -0.4 is 5.73 Å². The predicted molar refractivity (Wildman–Crippen MR) is 71.0 cm³/mol. The van der Waals surface area contributed by atoms with Gasteiger partial charge in [0.25, 0.3) is 0 Å². The summed E-state index contributed by atoms with van der Waals surface area (Å²) in [5.41, 5.74) is 6.74. The minimum absolute atomic E-state index is 0.00803. The van der Waals surface area contributed by atoms with Gasteiger partial charge in [0.1, 0.15) is 12.6 Å². The number of carbonyl (C=O) groups excluding carboxylic acids is 1. The quantitative estimate of drug-likeness (QED) is 0.806. The molecule has 1 aromatic carbocycles. The number of aliphatic carboxylic acids is 1. The lowest BCUT2D eigenvalue weighted by atomic mass is 9.87. The number of esters is 1. The van der Waals surface area contributed by atoms with E-state index in [9.17, 15) is 9.59 Å². The predicted octanol–water partition coefficient (Wildman–Crippen LogP) is 1.55. The van der Waals surface area contributed by atoms with E-state index in [1.54, 1.807) is 12.1 Å². The van der Waals surface area contributed by atoms with Crippen LogP contribution in [0.4, 0.5) is 0 Å². The molecule has 0 amide bonds. The number of benzene rings is 1. The Balaban J connectivity index is 2.66. The van der Waals surface area contributed by atoms with Gasteiger partial charge in [0.05, 0.1) is 5.56 Å². The normalized spacial score (nSPS) is 12.8. The summed E-state index contributed by atoms with van der Waals surface area (Å²) in [4.78, 5) is 22.1. The molecule has 0 saturated carbocycles. The van der Waals surface area contributed by atoms with Crippen LogP contribution in [0.2, 0.25) is 0 Å². The Bertz CT molecular complexity index is 459. The Labute approximate surface area is 112 Å². The van der Waals surface area contributed by atoms with Gasteiger partial charge in [0.2, 0.25) is 0 Å². The maximum absolute atomic E-state index is 11.7. The zero-order valence-electron chi connectivity index (χ0n) is 11.3. The monoisotopic (exact) mass is 265 g/mol. The third-order valence-corrected chi connectivity index (χ3v) is 2.70. The molecular formula is C14H19NO4. The van der Waals surface area contributed by atoms with E-state index in [-0.39, 0.29) is 12.0 Å². The summed E-state index contributed by atoms with van der Waals surface area (Å²) < 4.78 is 4.83. The summed E-state index contributed by atoms with van der Waals surface area (Å²) in [5.74, 6) is -1.77. The zero-order chi connectivity index (χ0) is 14.6. The molecule has 5 heteroatoms. The first kappa shape index (κ1) is 15.2. The minimum atomic E-state index is -1.20. The number of hydrogen-bond donors (Lipinski definition) is 2. The third kappa shape index (κ3) is 4.37. The topological polar surface area (TPSA) is 89.6 Å². The molecular weight excluding hydrogens is 246 g/mol. The molecule has 0 aliphatic heterocycles. The Morgan fingerprint density at radius 1 is 1.26 bits per heavy atom. The number of ether oxygens (including phenoxy) is 1. The lowest BCUT2D eigenvalue weighted by Gasteiger charge is -2.19. The fraction of sp³-hybridized carbons (Fsp3) is 0.429. The van der Waals surface area contributed by atoms with Crippen LogP contribution in [0.3, 0.4) is 0 Å². The van der Waals surface area contributed by atoms with Gasteiger partial charge in [-0.3, -0.25) is 4.79 Å². The summed E-state index contributed by atoms with van der Waals surface area (Å²) in [5, 5.41) is 8.58. The van der Waals surface area contributed by atoms with Crippen LogP contribution in [0.5, 0.6) is 0 Å². The summed E-state index contributed by atoms with van der Waals surface area (Å²) in [6.45, 7) is 5.89. The van der Waals surface area contributed by atoms with Crippen LogP contribution in [0.1, 0.15) is 36.7 Å². The Morgan fingerprint density at radius 3 is 2.21 bits per heavy atom. The van der Waals surface area contributed by atoms with E-state index in [2.05, 4.69) is 20.8 Å².